The van der Waals surface area contributed by atoms with Crippen molar-refractivity contribution in [3.05, 3.63) is 59.5 Å². The van der Waals surface area contributed by atoms with E-state index in [4.69, 9.17) is 4.42 Å². The molecular formula is C18H22N2O2. The highest BCUT2D eigenvalue weighted by atomic mass is 16.3. The van der Waals surface area contributed by atoms with Crippen molar-refractivity contribution in [3.8, 4) is 0 Å². The van der Waals surface area contributed by atoms with E-state index in [-0.39, 0.29) is 18.0 Å². The first-order valence-corrected chi connectivity index (χ1v) is 7.88. The molecule has 2 N–H and O–H groups in total. The highest BCUT2D eigenvalue weighted by Gasteiger charge is 2.21. The van der Waals surface area contributed by atoms with Crippen LogP contribution in [0, 0.1) is 0 Å². The quantitative estimate of drug-likeness (QED) is 0.891. The van der Waals surface area contributed by atoms with Crippen molar-refractivity contribution in [3.63, 3.8) is 0 Å². The standard InChI is InChI=1S/C18H22N2O2/c1-13(17-10-5-11-22-17)19-12-18(21)20-16-9-4-7-14-6-2-3-8-15(14)16/h2-3,5-6,8,10-11,13,16,19H,4,7,9,12H2,1H3,(H,20,21)/t13-,16-/m1/s1. The monoisotopic (exact) mass is 298 g/mol. The van der Waals surface area contributed by atoms with Crippen LogP contribution in [0.4, 0.5) is 0 Å². The van der Waals surface area contributed by atoms with Gasteiger partial charge in [-0.1, -0.05) is 24.3 Å². The van der Waals surface area contributed by atoms with Crippen LogP contribution in [0.15, 0.2) is 47.1 Å². The summed E-state index contributed by atoms with van der Waals surface area (Å²) in [4.78, 5) is 12.2. The predicted molar refractivity (Wildman–Crippen MR) is 85.4 cm³/mol. The molecule has 116 valence electrons. The first-order chi connectivity index (χ1) is 10.7. The van der Waals surface area contributed by atoms with Gasteiger partial charge in [0.2, 0.25) is 5.91 Å². The maximum Gasteiger partial charge on any atom is 0.234 e. The van der Waals surface area contributed by atoms with Gasteiger partial charge in [0.15, 0.2) is 0 Å². The third kappa shape index (κ3) is 3.39. The Morgan fingerprint density at radius 1 is 1.32 bits per heavy atom. The maximum absolute atomic E-state index is 12.2. The van der Waals surface area contributed by atoms with Crippen molar-refractivity contribution in [2.24, 2.45) is 0 Å². The highest BCUT2D eigenvalue weighted by molar-refractivity contribution is 5.78. The predicted octanol–water partition coefficient (Wildman–Crippen LogP) is 3.12. The average molecular weight is 298 g/mol. The van der Waals surface area contributed by atoms with Crippen LogP contribution in [-0.4, -0.2) is 12.5 Å². The van der Waals surface area contributed by atoms with Crippen LogP contribution in [0.25, 0.3) is 0 Å². The van der Waals surface area contributed by atoms with Gasteiger partial charge in [0, 0.05) is 0 Å². The second-order valence-electron chi connectivity index (χ2n) is 5.83. The Bertz CT molecular complexity index is 622. The molecule has 0 unspecified atom stereocenters. The van der Waals surface area contributed by atoms with Crippen molar-refractivity contribution in [1.82, 2.24) is 10.6 Å². The van der Waals surface area contributed by atoms with Gasteiger partial charge in [-0.05, 0) is 49.4 Å². The van der Waals surface area contributed by atoms with Crippen molar-refractivity contribution >= 4 is 5.91 Å². The minimum Gasteiger partial charge on any atom is -0.468 e. The Labute approximate surface area is 130 Å². The van der Waals surface area contributed by atoms with E-state index in [1.54, 1.807) is 6.26 Å². The molecule has 1 aliphatic rings. The average Bonchev–Trinajstić information content (AvgIpc) is 3.07. The molecule has 1 heterocycles. The van der Waals surface area contributed by atoms with Crippen LogP contribution >= 0.6 is 0 Å². The Morgan fingerprint density at radius 2 is 2.18 bits per heavy atom. The summed E-state index contributed by atoms with van der Waals surface area (Å²) in [5, 5.41) is 6.34. The molecular weight excluding hydrogens is 276 g/mol. The van der Waals surface area contributed by atoms with Gasteiger partial charge in [-0.25, -0.2) is 0 Å². The molecule has 3 rings (SSSR count). The molecule has 0 saturated carbocycles. The van der Waals surface area contributed by atoms with Gasteiger partial charge in [0.1, 0.15) is 5.76 Å². The van der Waals surface area contributed by atoms with Gasteiger partial charge in [-0.15, -0.1) is 0 Å². The summed E-state index contributed by atoms with van der Waals surface area (Å²) in [6, 6.07) is 12.3. The molecule has 0 aliphatic heterocycles. The van der Waals surface area contributed by atoms with Crippen LogP contribution in [0.5, 0.6) is 0 Å². The summed E-state index contributed by atoms with van der Waals surface area (Å²) >= 11 is 0. The van der Waals surface area contributed by atoms with E-state index in [1.807, 2.05) is 25.1 Å². The molecule has 2 aromatic rings. The second-order valence-corrected chi connectivity index (χ2v) is 5.83. The van der Waals surface area contributed by atoms with E-state index in [1.165, 1.54) is 11.1 Å². The molecule has 0 saturated heterocycles. The van der Waals surface area contributed by atoms with Crippen molar-refractivity contribution in [1.29, 1.82) is 0 Å². The van der Waals surface area contributed by atoms with E-state index in [0.29, 0.717) is 6.54 Å². The van der Waals surface area contributed by atoms with Crippen LogP contribution in [-0.2, 0) is 11.2 Å². The molecule has 1 amide bonds. The van der Waals surface area contributed by atoms with Crippen LogP contribution in [0.1, 0.15) is 48.7 Å². The van der Waals surface area contributed by atoms with Gasteiger partial charge in [-0.3, -0.25) is 10.1 Å². The number of hydrogen-bond acceptors (Lipinski definition) is 3. The summed E-state index contributed by atoms with van der Waals surface area (Å²) in [5.74, 6) is 0.871. The molecule has 0 radical (unpaired) electrons. The van der Waals surface area contributed by atoms with Gasteiger partial charge >= 0.3 is 0 Å². The second kappa shape index (κ2) is 6.79. The first kappa shape index (κ1) is 14.9. The number of fused-ring (bicyclic) bond motifs is 1. The maximum atomic E-state index is 12.2. The number of furan rings is 1. The molecule has 2 atom stereocenters. The molecule has 1 aromatic carbocycles. The Morgan fingerprint density at radius 3 is 3.00 bits per heavy atom. The Hall–Kier alpha value is -2.07. The van der Waals surface area contributed by atoms with Crippen molar-refractivity contribution in [2.45, 2.75) is 38.3 Å². The lowest BCUT2D eigenvalue weighted by Crippen LogP contribution is -2.38. The summed E-state index contributed by atoms with van der Waals surface area (Å²) in [5.41, 5.74) is 2.62. The van der Waals surface area contributed by atoms with Crippen LogP contribution in [0.3, 0.4) is 0 Å². The van der Waals surface area contributed by atoms with E-state index in [9.17, 15) is 4.79 Å². The van der Waals surface area contributed by atoms with Gasteiger partial charge in [-0.2, -0.15) is 0 Å². The lowest BCUT2D eigenvalue weighted by Gasteiger charge is -2.26. The van der Waals surface area contributed by atoms with Crippen LogP contribution < -0.4 is 10.6 Å². The zero-order valence-electron chi connectivity index (χ0n) is 12.8. The zero-order valence-corrected chi connectivity index (χ0v) is 12.8. The molecule has 1 aliphatic carbocycles. The van der Waals surface area contributed by atoms with Gasteiger partial charge in [0.25, 0.3) is 0 Å². The SMILES string of the molecule is C[C@@H](NCC(=O)N[C@@H]1CCCc2ccccc21)c1ccco1. The molecule has 0 fully saturated rings. The molecule has 4 heteroatoms. The van der Waals surface area contributed by atoms with Gasteiger partial charge in [0.05, 0.1) is 24.9 Å². The number of benzene rings is 1. The van der Waals surface area contributed by atoms with E-state index in [2.05, 4.69) is 28.8 Å². The summed E-state index contributed by atoms with van der Waals surface area (Å²) in [7, 11) is 0. The number of hydrogen-bond donors (Lipinski definition) is 2. The Kier molecular flexibility index (Phi) is 4.59. The number of nitrogens with one attached hydrogen (secondary N) is 2. The summed E-state index contributed by atoms with van der Waals surface area (Å²) in [6.45, 7) is 2.28. The van der Waals surface area contributed by atoms with E-state index < -0.39 is 0 Å². The third-order valence-corrected chi connectivity index (χ3v) is 4.24. The number of rotatable bonds is 5. The molecule has 1 aromatic heterocycles. The first-order valence-electron chi connectivity index (χ1n) is 7.88. The molecule has 4 nitrogen and oxygen atoms in total. The zero-order chi connectivity index (χ0) is 15.4. The fourth-order valence-corrected chi connectivity index (χ4v) is 3.03. The lowest BCUT2D eigenvalue weighted by molar-refractivity contribution is -0.121. The topological polar surface area (TPSA) is 54.3 Å². The molecule has 0 spiro atoms. The normalized spacial score (nSPS) is 18.5. The third-order valence-electron chi connectivity index (χ3n) is 4.24. The number of amides is 1. The largest absolute Gasteiger partial charge is 0.468 e. The minimum atomic E-state index is 0.0272. The van der Waals surface area contributed by atoms with Crippen molar-refractivity contribution in [2.75, 3.05) is 6.54 Å². The summed E-state index contributed by atoms with van der Waals surface area (Å²) < 4.78 is 5.33. The number of carbonyl (C=O) groups excluding carboxylic acids is 1. The van der Waals surface area contributed by atoms with Gasteiger partial charge < -0.3 is 9.73 Å². The lowest BCUT2D eigenvalue weighted by atomic mass is 9.88. The molecule has 22 heavy (non-hydrogen) atoms. The smallest absolute Gasteiger partial charge is 0.234 e. The minimum absolute atomic E-state index is 0.0272. The fourth-order valence-electron chi connectivity index (χ4n) is 3.03. The van der Waals surface area contributed by atoms with E-state index >= 15 is 0 Å². The number of carbonyl (C=O) groups is 1. The number of aryl methyl sites for hydroxylation is 1. The fraction of sp³-hybridized carbons (Fsp3) is 0.389. The molecule has 0 bridgehead atoms. The highest BCUT2D eigenvalue weighted by Crippen LogP contribution is 2.29. The Balaban J connectivity index is 1.54. The van der Waals surface area contributed by atoms with Crippen molar-refractivity contribution < 1.29 is 9.21 Å². The summed E-state index contributed by atoms with van der Waals surface area (Å²) in [6.07, 6.45) is 4.89. The van der Waals surface area contributed by atoms with E-state index in [0.717, 1.165) is 25.0 Å². The van der Waals surface area contributed by atoms with Crippen LogP contribution in [0.2, 0.25) is 0 Å².